The standard InChI is InChI=1S/C10H15ClO/c1-3-6-12-9-4-5-10(11)8(2)7-9/h4-5,7-8,10H,3,6H2,1-2H3. The highest BCUT2D eigenvalue weighted by atomic mass is 35.5. The van der Waals surface area contributed by atoms with Crippen LogP contribution < -0.4 is 0 Å². The van der Waals surface area contributed by atoms with E-state index in [0.717, 1.165) is 18.8 Å². The minimum absolute atomic E-state index is 0.124. The van der Waals surface area contributed by atoms with Crippen LogP contribution in [0.15, 0.2) is 24.0 Å². The van der Waals surface area contributed by atoms with Crippen molar-refractivity contribution < 1.29 is 4.74 Å². The van der Waals surface area contributed by atoms with Crippen molar-refractivity contribution in [3.8, 4) is 0 Å². The van der Waals surface area contributed by atoms with Crippen LogP contribution in [0.25, 0.3) is 0 Å². The summed E-state index contributed by atoms with van der Waals surface area (Å²) in [6.45, 7) is 4.98. The topological polar surface area (TPSA) is 9.23 Å². The molecule has 12 heavy (non-hydrogen) atoms. The molecule has 1 aliphatic rings. The number of alkyl halides is 1. The van der Waals surface area contributed by atoms with E-state index in [-0.39, 0.29) is 5.38 Å². The lowest BCUT2D eigenvalue weighted by atomic mass is 10.0. The molecule has 0 fully saturated rings. The summed E-state index contributed by atoms with van der Waals surface area (Å²) < 4.78 is 5.47. The zero-order valence-corrected chi connectivity index (χ0v) is 8.34. The fourth-order valence-electron chi connectivity index (χ4n) is 1.08. The van der Waals surface area contributed by atoms with E-state index in [1.54, 1.807) is 0 Å². The first-order valence-electron chi connectivity index (χ1n) is 4.41. The molecule has 0 aromatic carbocycles. The summed E-state index contributed by atoms with van der Waals surface area (Å²) in [7, 11) is 0. The van der Waals surface area contributed by atoms with Crippen molar-refractivity contribution in [2.75, 3.05) is 6.61 Å². The van der Waals surface area contributed by atoms with Gasteiger partial charge in [-0.2, -0.15) is 0 Å². The maximum atomic E-state index is 5.98. The summed E-state index contributed by atoms with van der Waals surface area (Å²) in [4.78, 5) is 0. The summed E-state index contributed by atoms with van der Waals surface area (Å²) in [6, 6.07) is 0. The molecule has 0 heterocycles. The average Bonchev–Trinajstić information content (AvgIpc) is 2.07. The molecule has 0 amide bonds. The Bertz CT molecular complexity index is 196. The molecule has 68 valence electrons. The molecule has 2 heteroatoms. The number of hydrogen-bond acceptors (Lipinski definition) is 1. The molecule has 0 bridgehead atoms. The molecule has 2 atom stereocenters. The van der Waals surface area contributed by atoms with Gasteiger partial charge in [0.1, 0.15) is 5.76 Å². The van der Waals surface area contributed by atoms with Crippen molar-refractivity contribution in [2.24, 2.45) is 5.92 Å². The monoisotopic (exact) mass is 186 g/mol. The highest BCUT2D eigenvalue weighted by Gasteiger charge is 2.13. The van der Waals surface area contributed by atoms with Crippen molar-refractivity contribution in [2.45, 2.75) is 25.6 Å². The van der Waals surface area contributed by atoms with Crippen LogP contribution in [0.1, 0.15) is 20.3 Å². The number of allylic oxidation sites excluding steroid dienone is 3. The Morgan fingerprint density at radius 3 is 2.92 bits per heavy atom. The first-order chi connectivity index (χ1) is 5.74. The molecule has 1 rings (SSSR count). The van der Waals surface area contributed by atoms with Gasteiger partial charge in [0, 0.05) is 0 Å². The summed E-state index contributed by atoms with van der Waals surface area (Å²) in [6.07, 6.45) is 7.06. The average molecular weight is 187 g/mol. The third-order valence-electron chi connectivity index (χ3n) is 1.85. The molecule has 0 saturated heterocycles. The van der Waals surface area contributed by atoms with Gasteiger partial charge in [-0.15, -0.1) is 11.6 Å². The molecular formula is C10H15ClO. The van der Waals surface area contributed by atoms with Gasteiger partial charge < -0.3 is 4.74 Å². The third-order valence-corrected chi connectivity index (χ3v) is 2.39. The first-order valence-corrected chi connectivity index (χ1v) is 4.84. The smallest absolute Gasteiger partial charge is 0.115 e. The van der Waals surface area contributed by atoms with Crippen molar-refractivity contribution in [1.82, 2.24) is 0 Å². The van der Waals surface area contributed by atoms with E-state index < -0.39 is 0 Å². The molecule has 0 aromatic rings. The van der Waals surface area contributed by atoms with Crippen molar-refractivity contribution in [3.05, 3.63) is 24.0 Å². The van der Waals surface area contributed by atoms with Crippen LogP contribution >= 0.6 is 11.6 Å². The number of rotatable bonds is 3. The van der Waals surface area contributed by atoms with E-state index in [0.29, 0.717) is 5.92 Å². The second-order valence-corrected chi connectivity index (χ2v) is 3.58. The molecule has 0 saturated carbocycles. The van der Waals surface area contributed by atoms with Gasteiger partial charge in [0.25, 0.3) is 0 Å². The van der Waals surface area contributed by atoms with Crippen LogP contribution in [0.3, 0.4) is 0 Å². The van der Waals surface area contributed by atoms with Gasteiger partial charge in [-0.1, -0.05) is 19.9 Å². The minimum atomic E-state index is 0.124. The van der Waals surface area contributed by atoms with Crippen molar-refractivity contribution in [3.63, 3.8) is 0 Å². The van der Waals surface area contributed by atoms with E-state index in [1.807, 2.05) is 12.2 Å². The van der Waals surface area contributed by atoms with Crippen LogP contribution in [0.2, 0.25) is 0 Å². The summed E-state index contributed by atoms with van der Waals surface area (Å²) in [5.41, 5.74) is 0. The first kappa shape index (κ1) is 9.66. The van der Waals surface area contributed by atoms with Crippen LogP contribution in [0.4, 0.5) is 0 Å². The molecule has 1 aliphatic carbocycles. The van der Waals surface area contributed by atoms with E-state index in [2.05, 4.69) is 19.9 Å². The maximum absolute atomic E-state index is 5.98. The predicted octanol–water partition coefficient (Wildman–Crippen LogP) is 3.11. The Balaban J connectivity index is 2.46. The molecule has 0 aromatic heterocycles. The van der Waals surface area contributed by atoms with E-state index in [4.69, 9.17) is 16.3 Å². The van der Waals surface area contributed by atoms with Crippen molar-refractivity contribution >= 4 is 11.6 Å². The van der Waals surface area contributed by atoms with Crippen molar-refractivity contribution in [1.29, 1.82) is 0 Å². The molecule has 2 unspecified atom stereocenters. The Kier molecular flexibility index (Phi) is 3.67. The summed E-state index contributed by atoms with van der Waals surface area (Å²) >= 11 is 5.98. The van der Waals surface area contributed by atoms with Crippen LogP contribution in [-0.4, -0.2) is 12.0 Å². The fourth-order valence-corrected chi connectivity index (χ4v) is 1.23. The lowest BCUT2D eigenvalue weighted by Crippen LogP contribution is -2.11. The van der Waals surface area contributed by atoms with Crippen LogP contribution in [0, 0.1) is 5.92 Å². The van der Waals surface area contributed by atoms with Gasteiger partial charge in [0.05, 0.1) is 12.0 Å². The van der Waals surface area contributed by atoms with E-state index in [9.17, 15) is 0 Å². The van der Waals surface area contributed by atoms with Gasteiger partial charge in [0.15, 0.2) is 0 Å². The lowest BCUT2D eigenvalue weighted by Gasteiger charge is -2.17. The Morgan fingerprint density at radius 1 is 1.58 bits per heavy atom. The summed E-state index contributed by atoms with van der Waals surface area (Å²) in [5, 5.41) is 0.124. The second kappa shape index (κ2) is 4.56. The quantitative estimate of drug-likeness (QED) is 0.616. The highest BCUT2D eigenvalue weighted by Crippen LogP contribution is 2.21. The van der Waals surface area contributed by atoms with Gasteiger partial charge in [-0.05, 0) is 24.5 Å². The fraction of sp³-hybridized carbons (Fsp3) is 0.600. The highest BCUT2D eigenvalue weighted by molar-refractivity contribution is 6.22. The number of hydrogen-bond donors (Lipinski definition) is 0. The number of ether oxygens (including phenoxy) is 1. The normalized spacial score (nSPS) is 28.4. The van der Waals surface area contributed by atoms with Crippen LogP contribution in [0.5, 0.6) is 0 Å². The second-order valence-electron chi connectivity index (χ2n) is 3.08. The van der Waals surface area contributed by atoms with Gasteiger partial charge in [0.2, 0.25) is 0 Å². The van der Waals surface area contributed by atoms with Gasteiger partial charge in [-0.25, -0.2) is 0 Å². The molecule has 0 radical (unpaired) electrons. The zero-order chi connectivity index (χ0) is 8.97. The molecule has 0 N–H and O–H groups in total. The minimum Gasteiger partial charge on any atom is -0.494 e. The Hall–Kier alpha value is -0.430. The SMILES string of the molecule is CCCOC1=CC(C)C(Cl)C=C1. The van der Waals surface area contributed by atoms with Crippen LogP contribution in [-0.2, 0) is 4.74 Å². The predicted molar refractivity (Wildman–Crippen MR) is 52.3 cm³/mol. The number of halogens is 1. The van der Waals surface area contributed by atoms with Gasteiger partial charge in [-0.3, -0.25) is 0 Å². The zero-order valence-electron chi connectivity index (χ0n) is 7.59. The van der Waals surface area contributed by atoms with E-state index >= 15 is 0 Å². The third kappa shape index (κ3) is 2.56. The maximum Gasteiger partial charge on any atom is 0.115 e. The molecule has 1 nitrogen and oxygen atoms in total. The summed E-state index contributed by atoms with van der Waals surface area (Å²) in [5.74, 6) is 1.34. The van der Waals surface area contributed by atoms with Gasteiger partial charge >= 0.3 is 0 Å². The largest absolute Gasteiger partial charge is 0.494 e. The Labute approximate surface area is 79.1 Å². The molecule has 0 spiro atoms. The molecule has 0 aliphatic heterocycles. The molecular weight excluding hydrogens is 172 g/mol. The van der Waals surface area contributed by atoms with E-state index in [1.165, 1.54) is 0 Å². The lowest BCUT2D eigenvalue weighted by molar-refractivity contribution is 0.221. The Morgan fingerprint density at radius 2 is 2.33 bits per heavy atom.